The molecule has 3 heterocycles. The maximum absolute atomic E-state index is 13.0. The Kier molecular flexibility index (Phi) is 4.67. The number of hydrogen-bond donors (Lipinski definition) is 1. The first-order chi connectivity index (χ1) is 12.9. The zero-order valence-corrected chi connectivity index (χ0v) is 16.6. The molecule has 2 aliphatic heterocycles. The Hall–Kier alpha value is -2.00. The quantitative estimate of drug-likeness (QED) is 0.792. The largest absolute Gasteiger partial charge is 0.327 e. The molecule has 3 aliphatic rings. The highest BCUT2D eigenvalue weighted by molar-refractivity contribution is 7.15. The molecule has 1 saturated heterocycles. The van der Waals surface area contributed by atoms with Gasteiger partial charge in [-0.05, 0) is 19.9 Å². The van der Waals surface area contributed by atoms with E-state index in [2.05, 4.69) is 22.2 Å². The summed E-state index contributed by atoms with van der Waals surface area (Å²) < 4.78 is 0. The average molecular weight is 391 g/mol. The lowest BCUT2D eigenvalue weighted by Crippen LogP contribution is -2.49. The van der Waals surface area contributed by atoms with Crippen LogP contribution in [-0.4, -0.2) is 70.3 Å². The van der Waals surface area contributed by atoms with Gasteiger partial charge in [0.05, 0.1) is 5.69 Å². The van der Waals surface area contributed by atoms with Crippen molar-refractivity contribution in [3.63, 3.8) is 0 Å². The molecule has 1 spiro atoms. The number of imide groups is 1. The zero-order chi connectivity index (χ0) is 19.2. The van der Waals surface area contributed by atoms with E-state index in [1.807, 2.05) is 0 Å². The molecule has 9 heteroatoms. The summed E-state index contributed by atoms with van der Waals surface area (Å²) in [5.41, 5.74) is 0.281. The average Bonchev–Trinajstić information content (AvgIpc) is 3.11. The molecule has 1 aliphatic carbocycles. The van der Waals surface area contributed by atoms with Crippen molar-refractivity contribution in [2.24, 2.45) is 0 Å². The van der Waals surface area contributed by atoms with Crippen LogP contribution in [-0.2, 0) is 22.6 Å². The molecular formula is C18H25N5O3S. The van der Waals surface area contributed by atoms with E-state index in [4.69, 9.17) is 0 Å². The second-order valence-corrected chi connectivity index (χ2v) is 8.83. The topological polar surface area (TPSA) is 85.8 Å². The summed E-state index contributed by atoms with van der Waals surface area (Å²) in [5.74, 6) is -0.609. The van der Waals surface area contributed by atoms with Gasteiger partial charge in [-0.25, -0.2) is 9.78 Å². The number of thiazole rings is 1. The van der Waals surface area contributed by atoms with Crippen LogP contribution in [0.3, 0.4) is 0 Å². The van der Waals surface area contributed by atoms with Crippen molar-refractivity contribution in [2.45, 2.75) is 50.6 Å². The number of nitrogens with zero attached hydrogens (tertiary/aromatic N) is 4. The minimum atomic E-state index is -0.750. The number of carbonyl (C=O) groups excluding carboxylic acids is 3. The summed E-state index contributed by atoms with van der Waals surface area (Å²) in [5, 5.41) is 3.32. The maximum Gasteiger partial charge on any atom is 0.327 e. The van der Waals surface area contributed by atoms with Crippen LogP contribution in [0.15, 0.2) is 0 Å². The first-order valence-corrected chi connectivity index (χ1v) is 10.3. The standard InChI is InChI=1S/C18H25N5O3S/c1-21-9-6-12-13(10-21)27-16(19-12)20-14(24)11-23-15(25)18(22(2)17(23)26)7-4-3-5-8-18/h3-11H2,1-2H3,(H,19,20,24). The van der Waals surface area contributed by atoms with Gasteiger partial charge in [-0.15, -0.1) is 11.3 Å². The molecule has 1 aromatic heterocycles. The Morgan fingerprint density at radius 3 is 2.70 bits per heavy atom. The lowest BCUT2D eigenvalue weighted by molar-refractivity contribution is -0.136. The Morgan fingerprint density at radius 1 is 1.22 bits per heavy atom. The number of hydrogen-bond acceptors (Lipinski definition) is 6. The van der Waals surface area contributed by atoms with Crippen molar-refractivity contribution in [2.75, 3.05) is 32.5 Å². The van der Waals surface area contributed by atoms with E-state index >= 15 is 0 Å². The summed E-state index contributed by atoms with van der Waals surface area (Å²) in [6.07, 6.45) is 5.18. The Balaban J connectivity index is 1.44. The molecule has 0 radical (unpaired) electrons. The number of aromatic nitrogens is 1. The van der Waals surface area contributed by atoms with Crippen molar-refractivity contribution in [1.82, 2.24) is 19.7 Å². The summed E-state index contributed by atoms with van der Waals surface area (Å²) in [6.45, 7) is 1.53. The van der Waals surface area contributed by atoms with E-state index in [1.165, 1.54) is 11.3 Å². The number of urea groups is 1. The maximum atomic E-state index is 13.0. The van der Waals surface area contributed by atoms with Gasteiger partial charge in [0.1, 0.15) is 12.1 Å². The lowest BCUT2D eigenvalue weighted by Gasteiger charge is -2.35. The Labute approximate surface area is 162 Å². The van der Waals surface area contributed by atoms with E-state index in [1.54, 1.807) is 11.9 Å². The second-order valence-electron chi connectivity index (χ2n) is 7.75. The molecule has 146 valence electrons. The molecule has 27 heavy (non-hydrogen) atoms. The second kappa shape index (κ2) is 6.87. The molecule has 4 amide bonds. The van der Waals surface area contributed by atoms with Crippen molar-refractivity contribution < 1.29 is 14.4 Å². The highest BCUT2D eigenvalue weighted by atomic mass is 32.1. The van der Waals surface area contributed by atoms with Gasteiger partial charge in [0, 0.05) is 31.4 Å². The molecule has 0 unspecified atom stereocenters. The van der Waals surface area contributed by atoms with Gasteiger partial charge in [0.2, 0.25) is 5.91 Å². The number of amides is 4. The van der Waals surface area contributed by atoms with Crippen molar-refractivity contribution in [3.05, 3.63) is 10.6 Å². The Bertz CT molecular complexity index is 786. The number of fused-ring (bicyclic) bond motifs is 1. The van der Waals surface area contributed by atoms with Gasteiger partial charge in [-0.1, -0.05) is 19.3 Å². The van der Waals surface area contributed by atoms with Crippen LogP contribution in [0.1, 0.15) is 42.7 Å². The van der Waals surface area contributed by atoms with Gasteiger partial charge in [0.15, 0.2) is 5.13 Å². The van der Waals surface area contributed by atoms with Crippen LogP contribution in [0.5, 0.6) is 0 Å². The van der Waals surface area contributed by atoms with Crippen molar-refractivity contribution >= 4 is 34.3 Å². The summed E-state index contributed by atoms with van der Waals surface area (Å²) in [4.78, 5) is 48.6. The smallest absolute Gasteiger partial charge is 0.313 e. The summed E-state index contributed by atoms with van der Waals surface area (Å²) in [6, 6.07) is -0.378. The molecule has 1 N–H and O–H groups in total. The predicted molar refractivity (Wildman–Crippen MR) is 101 cm³/mol. The molecule has 1 saturated carbocycles. The van der Waals surface area contributed by atoms with Gasteiger partial charge >= 0.3 is 6.03 Å². The highest BCUT2D eigenvalue weighted by Gasteiger charge is 2.55. The fourth-order valence-electron chi connectivity index (χ4n) is 4.35. The monoisotopic (exact) mass is 391 g/mol. The SMILES string of the molecule is CN1CCc2nc(NC(=O)CN3C(=O)N(C)C4(CCCCC4)C3=O)sc2C1. The number of likely N-dealkylation sites (N-methyl/N-ethyl adjacent to an activating group) is 2. The van der Waals surface area contributed by atoms with Crippen molar-refractivity contribution in [1.29, 1.82) is 0 Å². The minimum Gasteiger partial charge on any atom is -0.313 e. The van der Waals surface area contributed by atoms with Crippen LogP contribution in [0.2, 0.25) is 0 Å². The van der Waals surface area contributed by atoms with Gasteiger partial charge in [-0.2, -0.15) is 0 Å². The number of rotatable bonds is 3. The lowest BCUT2D eigenvalue weighted by atomic mass is 9.81. The number of anilines is 1. The third-order valence-electron chi connectivity index (χ3n) is 5.95. The third kappa shape index (κ3) is 3.12. The third-order valence-corrected chi connectivity index (χ3v) is 6.95. The molecule has 0 atom stereocenters. The molecule has 1 aromatic rings. The fraction of sp³-hybridized carbons (Fsp3) is 0.667. The first kappa shape index (κ1) is 18.4. The van der Waals surface area contributed by atoms with E-state index in [9.17, 15) is 14.4 Å². The molecule has 8 nitrogen and oxygen atoms in total. The van der Waals surface area contributed by atoms with E-state index in [0.29, 0.717) is 18.0 Å². The first-order valence-electron chi connectivity index (χ1n) is 9.47. The summed E-state index contributed by atoms with van der Waals surface area (Å²) in [7, 11) is 3.73. The molecule has 0 bridgehead atoms. The molecule has 0 aromatic carbocycles. The molecule has 2 fully saturated rings. The summed E-state index contributed by atoms with van der Waals surface area (Å²) >= 11 is 1.47. The zero-order valence-electron chi connectivity index (χ0n) is 15.8. The minimum absolute atomic E-state index is 0.232. The van der Waals surface area contributed by atoms with Gasteiger partial charge in [-0.3, -0.25) is 14.5 Å². The highest BCUT2D eigenvalue weighted by Crippen LogP contribution is 2.39. The van der Waals surface area contributed by atoms with Crippen LogP contribution in [0.25, 0.3) is 0 Å². The number of carbonyl (C=O) groups is 3. The molecular weight excluding hydrogens is 366 g/mol. The van der Waals surface area contributed by atoms with Gasteiger partial charge in [0.25, 0.3) is 5.91 Å². The van der Waals surface area contributed by atoms with E-state index in [-0.39, 0.29) is 24.4 Å². The van der Waals surface area contributed by atoms with Crippen molar-refractivity contribution in [3.8, 4) is 0 Å². The predicted octanol–water partition coefficient (Wildman–Crippen LogP) is 1.67. The van der Waals surface area contributed by atoms with E-state index < -0.39 is 5.54 Å². The Morgan fingerprint density at radius 2 is 1.96 bits per heavy atom. The van der Waals surface area contributed by atoms with E-state index in [0.717, 1.165) is 54.2 Å². The normalized spacial score (nSPS) is 22.4. The van der Waals surface area contributed by atoms with Crippen LogP contribution in [0.4, 0.5) is 9.93 Å². The number of nitrogens with one attached hydrogen (secondary N) is 1. The van der Waals surface area contributed by atoms with Crippen LogP contribution < -0.4 is 5.32 Å². The van der Waals surface area contributed by atoms with Crippen LogP contribution in [0, 0.1) is 0 Å². The van der Waals surface area contributed by atoms with Crippen LogP contribution >= 0.6 is 11.3 Å². The van der Waals surface area contributed by atoms with Gasteiger partial charge < -0.3 is 15.1 Å². The fourth-order valence-corrected chi connectivity index (χ4v) is 5.45. The molecule has 4 rings (SSSR count).